The zero-order chi connectivity index (χ0) is 20.0. The van der Waals surface area contributed by atoms with Gasteiger partial charge in [0.2, 0.25) is 0 Å². The second kappa shape index (κ2) is 7.96. The first-order valence-corrected chi connectivity index (χ1v) is 7.16. The minimum Gasteiger partial charge on any atom is -0.457 e. The van der Waals surface area contributed by atoms with Crippen LogP contribution in [0, 0.1) is 0 Å². The summed E-state index contributed by atoms with van der Waals surface area (Å²) in [6, 6.07) is 9.34. The van der Waals surface area contributed by atoms with Gasteiger partial charge in [0.05, 0.1) is 6.10 Å². The predicted octanol–water partition coefficient (Wildman–Crippen LogP) is 3.19. The predicted molar refractivity (Wildman–Crippen MR) is 89.4 cm³/mol. The number of rotatable bonds is 5. The Bertz CT molecular complexity index is 808. The SMILES string of the molecule is [2H]C([2H])([2H])NC(=O)c1cc(Oc2ccc(NC(=O)OC(C)C)cc2)ccn1. The largest absolute Gasteiger partial charge is 0.457 e. The Morgan fingerprint density at radius 2 is 1.92 bits per heavy atom. The summed E-state index contributed by atoms with van der Waals surface area (Å²) in [6.45, 7) is 0.894. The number of anilines is 1. The van der Waals surface area contributed by atoms with Crippen LogP contribution in [0.1, 0.15) is 28.4 Å². The molecule has 126 valence electrons. The van der Waals surface area contributed by atoms with Gasteiger partial charge in [0.15, 0.2) is 0 Å². The summed E-state index contributed by atoms with van der Waals surface area (Å²) < 4.78 is 31.8. The van der Waals surface area contributed by atoms with E-state index in [0.717, 1.165) is 0 Å². The highest BCUT2D eigenvalue weighted by atomic mass is 16.6. The van der Waals surface area contributed by atoms with Gasteiger partial charge < -0.3 is 14.8 Å². The van der Waals surface area contributed by atoms with Crippen LogP contribution in [0.25, 0.3) is 0 Å². The molecule has 1 heterocycles. The lowest BCUT2D eigenvalue weighted by atomic mass is 10.3. The lowest BCUT2D eigenvalue weighted by Crippen LogP contribution is -2.18. The highest BCUT2D eigenvalue weighted by molar-refractivity contribution is 5.92. The summed E-state index contributed by atoms with van der Waals surface area (Å²) in [6.07, 6.45) is 0.551. The minimum absolute atomic E-state index is 0.0849. The zero-order valence-electron chi connectivity index (χ0n) is 16.2. The molecule has 0 unspecified atom stereocenters. The van der Waals surface area contributed by atoms with E-state index in [4.69, 9.17) is 13.6 Å². The number of hydrogen-bond acceptors (Lipinski definition) is 5. The van der Waals surface area contributed by atoms with Crippen LogP contribution in [0.3, 0.4) is 0 Å². The molecule has 0 saturated carbocycles. The van der Waals surface area contributed by atoms with Gasteiger partial charge in [-0.1, -0.05) is 0 Å². The van der Waals surface area contributed by atoms with Crippen LogP contribution in [0.15, 0.2) is 42.6 Å². The molecule has 2 rings (SSSR count). The maximum Gasteiger partial charge on any atom is 0.411 e. The molecule has 0 aliphatic heterocycles. The van der Waals surface area contributed by atoms with Crippen molar-refractivity contribution in [3.8, 4) is 11.5 Å². The van der Waals surface area contributed by atoms with E-state index in [2.05, 4.69) is 10.3 Å². The molecule has 0 saturated heterocycles. The van der Waals surface area contributed by atoms with Crippen LogP contribution < -0.4 is 15.4 Å². The molecule has 0 spiro atoms. The van der Waals surface area contributed by atoms with Crippen LogP contribution >= 0.6 is 0 Å². The van der Waals surface area contributed by atoms with Gasteiger partial charge in [-0.15, -0.1) is 0 Å². The third kappa shape index (κ3) is 4.98. The fraction of sp³-hybridized carbons (Fsp3) is 0.235. The van der Waals surface area contributed by atoms with E-state index in [-0.39, 0.29) is 11.8 Å². The van der Waals surface area contributed by atoms with Gasteiger partial charge in [0.1, 0.15) is 17.2 Å². The third-order valence-electron chi connectivity index (χ3n) is 2.76. The Hall–Kier alpha value is -3.09. The van der Waals surface area contributed by atoms with Gasteiger partial charge in [0.25, 0.3) is 5.91 Å². The molecule has 1 aromatic heterocycles. The van der Waals surface area contributed by atoms with Gasteiger partial charge in [0, 0.05) is 29.0 Å². The maximum absolute atomic E-state index is 11.8. The van der Waals surface area contributed by atoms with E-state index < -0.39 is 19.0 Å². The van der Waals surface area contributed by atoms with E-state index >= 15 is 0 Å². The standard InChI is InChI=1S/C17H19N3O4/c1-11(2)23-17(22)20-12-4-6-13(7-5-12)24-14-8-9-19-15(10-14)16(21)18-3/h4-11H,1-3H3,(H,18,21)(H,20,22)/i3D3. The van der Waals surface area contributed by atoms with Gasteiger partial charge in [-0.3, -0.25) is 15.1 Å². The Balaban J connectivity index is 2.02. The van der Waals surface area contributed by atoms with Crippen molar-refractivity contribution in [3.63, 3.8) is 0 Å². The van der Waals surface area contributed by atoms with Crippen LogP contribution in [0.4, 0.5) is 10.5 Å². The molecule has 24 heavy (non-hydrogen) atoms. The summed E-state index contributed by atoms with van der Waals surface area (Å²) in [5.41, 5.74) is 0.443. The molecule has 0 aliphatic carbocycles. The fourth-order valence-corrected chi connectivity index (χ4v) is 1.77. The number of aromatic nitrogens is 1. The number of pyridine rings is 1. The molecule has 2 N–H and O–H groups in total. The fourth-order valence-electron chi connectivity index (χ4n) is 1.77. The normalized spacial score (nSPS) is 12.5. The molecule has 2 amide bonds. The molecule has 0 radical (unpaired) electrons. The second-order valence-corrected chi connectivity index (χ2v) is 5.04. The Morgan fingerprint density at radius 3 is 2.58 bits per heavy atom. The summed E-state index contributed by atoms with van der Waals surface area (Å²) in [7, 11) is 0. The van der Waals surface area contributed by atoms with Gasteiger partial charge >= 0.3 is 6.09 Å². The first kappa shape index (κ1) is 13.4. The highest BCUT2D eigenvalue weighted by Crippen LogP contribution is 2.23. The van der Waals surface area contributed by atoms with Crippen molar-refractivity contribution in [1.29, 1.82) is 0 Å². The molecular formula is C17H19N3O4. The van der Waals surface area contributed by atoms with Crippen molar-refractivity contribution in [2.24, 2.45) is 0 Å². The highest BCUT2D eigenvalue weighted by Gasteiger charge is 2.08. The molecule has 0 aliphatic rings. The molecule has 7 heteroatoms. The minimum atomic E-state index is -2.60. The van der Waals surface area contributed by atoms with E-state index in [1.54, 1.807) is 38.1 Å². The number of nitrogens with one attached hydrogen (secondary N) is 2. The van der Waals surface area contributed by atoms with Gasteiger partial charge in [-0.05, 0) is 44.2 Å². The molecule has 1 aromatic carbocycles. The first-order valence-electron chi connectivity index (χ1n) is 8.66. The summed E-state index contributed by atoms with van der Waals surface area (Å²) in [4.78, 5) is 27.2. The van der Waals surface area contributed by atoms with E-state index in [1.807, 2.05) is 5.32 Å². The second-order valence-electron chi connectivity index (χ2n) is 5.04. The van der Waals surface area contributed by atoms with Gasteiger partial charge in [-0.25, -0.2) is 4.79 Å². The van der Waals surface area contributed by atoms with Crippen molar-refractivity contribution < 1.29 is 23.2 Å². The van der Waals surface area contributed by atoms with Gasteiger partial charge in [-0.2, -0.15) is 0 Å². The smallest absolute Gasteiger partial charge is 0.411 e. The van der Waals surface area contributed by atoms with Crippen LogP contribution in [0.2, 0.25) is 0 Å². The number of carbonyl (C=O) groups excluding carboxylic acids is 2. The number of carbonyl (C=O) groups is 2. The number of amides is 2. The Morgan fingerprint density at radius 1 is 1.17 bits per heavy atom. The van der Waals surface area contributed by atoms with E-state index in [1.165, 1.54) is 18.3 Å². The van der Waals surface area contributed by atoms with E-state index in [9.17, 15) is 9.59 Å². The average Bonchev–Trinajstić information content (AvgIpc) is 2.54. The van der Waals surface area contributed by atoms with Crippen LogP contribution in [0.5, 0.6) is 11.5 Å². The molecule has 7 nitrogen and oxygen atoms in total. The van der Waals surface area contributed by atoms with Crippen molar-refractivity contribution in [1.82, 2.24) is 10.3 Å². The number of nitrogens with zero attached hydrogens (tertiary/aromatic N) is 1. The maximum atomic E-state index is 11.8. The molecule has 0 fully saturated rings. The average molecular weight is 332 g/mol. The van der Waals surface area contributed by atoms with Crippen molar-refractivity contribution >= 4 is 17.7 Å². The third-order valence-corrected chi connectivity index (χ3v) is 2.76. The lowest BCUT2D eigenvalue weighted by molar-refractivity contribution is 0.0957. The number of benzene rings is 1. The number of ether oxygens (including phenoxy) is 2. The zero-order valence-corrected chi connectivity index (χ0v) is 13.2. The lowest BCUT2D eigenvalue weighted by Gasteiger charge is -2.10. The topological polar surface area (TPSA) is 89.6 Å². The first-order chi connectivity index (χ1) is 12.6. The summed E-state index contributed by atoms with van der Waals surface area (Å²) in [5, 5.41) is 4.43. The molecular weight excluding hydrogens is 310 g/mol. The van der Waals surface area contributed by atoms with Crippen molar-refractivity contribution in [2.75, 3.05) is 12.3 Å². The Kier molecular flexibility index (Phi) is 4.43. The van der Waals surface area contributed by atoms with Crippen molar-refractivity contribution in [2.45, 2.75) is 20.0 Å². The van der Waals surface area contributed by atoms with Crippen LogP contribution in [-0.2, 0) is 4.74 Å². The molecule has 0 bridgehead atoms. The quantitative estimate of drug-likeness (QED) is 0.877. The summed E-state index contributed by atoms with van der Waals surface area (Å²) in [5.74, 6) is -0.0737. The summed E-state index contributed by atoms with van der Waals surface area (Å²) >= 11 is 0. The monoisotopic (exact) mass is 332 g/mol. The van der Waals surface area contributed by atoms with E-state index in [0.29, 0.717) is 17.2 Å². The molecule has 2 aromatic rings. The molecule has 0 atom stereocenters. The Labute approximate surface area is 144 Å². The number of hydrogen-bond donors (Lipinski definition) is 2. The van der Waals surface area contributed by atoms with Crippen molar-refractivity contribution in [3.05, 3.63) is 48.3 Å². The van der Waals surface area contributed by atoms with Crippen LogP contribution in [-0.4, -0.2) is 30.1 Å².